The third kappa shape index (κ3) is 4.10. The summed E-state index contributed by atoms with van der Waals surface area (Å²) in [6.07, 6.45) is 5.04. The van der Waals surface area contributed by atoms with Gasteiger partial charge >= 0.3 is 0 Å². The number of ether oxygens (including phenoxy) is 1. The maximum atomic E-state index is 12.3. The molecule has 1 aliphatic heterocycles. The van der Waals surface area contributed by atoms with E-state index in [2.05, 4.69) is 21.2 Å². The lowest BCUT2D eigenvalue weighted by atomic mass is 10.0. The summed E-state index contributed by atoms with van der Waals surface area (Å²) in [4.78, 5) is 16.4. The predicted octanol–water partition coefficient (Wildman–Crippen LogP) is 1.36. The zero-order valence-corrected chi connectivity index (χ0v) is 13.7. The van der Waals surface area contributed by atoms with Crippen molar-refractivity contribution in [2.45, 2.75) is 24.9 Å². The van der Waals surface area contributed by atoms with Gasteiger partial charge in [0.05, 0.1) is 7.11 Å². The molecule has 0 bridgehead atoms. The molecule has 2 aromatic rings. The first-order valence-corrected chi connectivity index (χ1v) is 8.08. The first kappa shape index (κ1) is 16.4. The minimum Gasteiger partial charge on any atom is -0.497 e. The van der Waals surface area contributed by atoms with Gasteiger partial charge in [0, 0.05) is 25.0 Å². The van der Waals surface area contributed by atoms with E-state index >= 15 is 0 Å². The molecular weight excluding hydrogens is 304 g/mol. The zero-order valence-electron chi connectivity index (χ0n) is 13.7. The second-order valence-corrected chi connectivity index (χ2v) is 5.81. The highest BCUT2D eigenvalue weighted by Gasteiger charge is 2.29. The molecule has 3 rings (SSSR count). The number of hydrogen-bond acceptors (Lipinski definition) is 5. The lowest BCUT2D eigenvalue weighted by molar-refractivity contribution is -0.122. The van der Waals surface area contributed by atoms with Gasteiger partial charge in [-0.1, -0.05) is 18.2 Å². The fourth-order valence-corrected chi connectivity index (χ4v) is 2.80. The van der Waals surface area contributed by atoms with Crippen LogP contribution in [-0.4, -0.2) is 30.6 Å². The molecule has 2 atom stereocenters. The maximum Gasteiger partial charge on any atom is 0.238 e. The first-order valence-electron chi connectivity index (χ1n) is 8.08. The number of hydrazine groups is 1. The SMILES string of the molecule is COc1cccc(C2CC(C(=O)NCCc3cccnc3)NN2)c1. The topological polar surface area (TPSA) is 75.3 Å². The molecule has 2 unspecified atom stereocenters. The van der Waals surface area contributed by atoms with E-state index in [0.717, 1.165) is 23.3 Å². The van der Waals surface area contributed by atoms with Crippen LogP contribution >= 0.6 is 0 Å². The smallest absolute Gasteiger partial charge is 0.238 e. The van der Waals surface area contributed by atoms with Gasteiger partial charge in [-0.3, -0.25) is 9.78 Å². The van der Waals surface area contributed by atoms with Crippen LogP contribution in [0.4, 0.5) is 0 Å². The summed E-state index contributed by atoms with van der Waals surface area (Å²) >= 11 is 0. The van der Waals surface area contributed by atoms with Crippen molar-refractivity contribution in [1.29, 1.82) is 0 Å². The number of carbonyl (C=O) groups excluding carboxylic acids is 1. The number of nitrogens with one attached hydrogen (secondary N) is 3. The third-order valence-corrected chi connectivity index (χ3v) is 4.15. The van der Waals surface area contributed by atoms with E-state index in [1.54, 1.807) is 13.3 Å². The molecular formula is C18H22N4O2. The van der Waals surface area contributed by atoms with Crippen molar-refractivity contribution in [3.8, 4) is 5.75 Å². The van der Waals surface area contributed by atoms with Gasteiger partial charge in [0.2, 0.25) is 5.91 Å². The van der Waals surface area contributed by atoms with Crippen molar-refractivity contribution >= 4 is 5.91 Å². The van der Waals surface area contributed by atoms with Gasteiger partial charge in [-0.05, 0) is 42.2 Å². The number of benzene rings is 1. The van der Waals surface area contributed by atoms with Gasteiger partial charge in [0.15, 0.2) is 0 Å². The molecule has 1 aliphatic rings. The quantitative estimate of drug-likeness (QED) is 0.747. The van der Waals surface area contributed by atoms with Crippen molar-refractivity contribution in [2.24, 2.45) is 0 Å². The molecule has 126 valence electrons. The van der Waals surface area contributed by atoms with Gasteiger partial charge in [-0.2, -0.15) is 0 Å². The van der Waals surface area contributed by atoms with Gasteiger partial charge in [-0.25, -0.2) is 10.9 Å². The van der Waals surface area contributed by atoms with E-state index in [0.29, 0.717) is 13.0 Å². The molecule has 0 radical (unpaired) electrons. The molecule has 0 spiro atoms. The Morgan fingerprint density at radius 2 is 2.25 bits per heavy atom. The monoisotopic (exact) mass is 326 g/mol. The second kappa shape index (κ2) is 7.90. The van der Waals surface area contributed by atoms with Crippen molar-refractivity contribution in [3.05, 3.63) is 59.9 Å². The Kier molecular flexibility index (Phi) is 5.40. The van der Waals surface area contributed by atoms with E-state index in [1.807, 2.05) is 42.6 Å². The fourth-order valence-electron chi connectivity index (χ4n) is 2.80. The van der Waals surface area contributed by atoms with Crippen LogP contribution in [0.5, 0.6) is 5.75 Å². The summed E-state index contributed by atoms with van der Waals surface area (Å²) in [6, 6.07) is 11.6. The van der Waals surface area contributed by atoms with Crippen LogP contribution in [0.15, 0.2) is 48.8 Å². The molecule has 1 fully saturated rings. The molecule has 3 N–H and O–H groups in total. The molecule has 1 saturated heterocycles. The van der Waals surface area contributed by atoms with Crippen LogP contribution in [-0.2, 0) is 11.2 Å². The average molecular weight is 326 g/mol. The normalized spacial score (nSPS) is 19.9. The zero-order chi connectivity index (χ0) is 16.8. The molecule has 2 heterocycles. The molecule has 6 heteroatoms. The van der Waals surface area contributed by atoms with Crippen LogP contribution in [0.1, 0.15) is 23.6 Å². The van der Waals surface area contributed by atoms with Crippen LogP contribution in [0.3, 0.4) is 0 Å². The number of amides is 1. The van der Waals surface area contributed by atoms with Crippen LogP contribution in [0.25, 0.3) is 0 Å². The molecule has 1 aromatic heterocycles. The number of methoxy groups -OCH3 is 1. The number of carbonyl (C=O) groups is 1. The van der Waals surface area contributed by atoms with Crippen molar-refractivity contribution in [1.82, 2.24) is 21.2 Å². The Morgan fingerprint density at radius 3 is 3.04 bits per heavy atom. The fraction of sp³-hybridized carbons (Fsp3) is 0.333. The Hall–Kier alpha value is -2.44. The minimum absolute atomic E-state index is 0.0109. The van der Waals surface area contributed by atoms with Crippen LogP contribution in [0.2, 0.25) is 0 Å². The van der Waals surface area contributed by atoms with Crippen molar-refractivity contribution < 1.29 is 9.53 Å². The standard InChI is InChI=1S/C18H22N4O2/c1-24-15-6-2-5-14(10-15)16-11-17(22-21-16)18(23)20-9-7-13-4-3-8-19-12-13/h2-6,8,10,12,16-17,21-22H,7,9,11H2,1H3,(H,20,23). The maximum absolute atomic E-state index is 12.3. The lowest BCUT2D eigenvalue weighted by Gasteiger charge is -2.11. The number of rotatable bonds is 6. The second-order valence-electron chi connectivity index (χ2n) is 5.81. The predicted molar refractivity (Wildman–Crippen MR) is 91.4 cm³/mol. The Morgan fingerprint density at radius 1 is 1.33 bits per heavy atom. The third-order valence-electron chi connectivity index (χ3n) is 4.15. The summed E-state index contributed by atoms with van der Waals surface area (Å²) < 4.78 is 5.25. The molecule has 0 saturated carbocycles. The van der Waals surface area contributed by atoms with Gasteiger partial charge in [-0.15, -0.1) is 0 Å². The van der Waals surface area contributed by atoms with Crippen molar-refractivity contribution in [2.75, 3.05) is 13.7 Å². The van der Waals surface area contributed by atoms with E-state index < -0.39 is 0 Å². The van der Waals surface area contributed by atoms with Gasteiger partial charge in [0.1, 0.15) is 11.8 Å². The number of pyridine rings is 1. The van der Waals surface area contributed by atoms with E-state index in [4.69, 9.17) is 4.74 Å². The van der Waals surface area contributed by atoms with E-state index in [9.17, 15) is 4.79 Å². The number of nitrogens with zero attached hydrogens (tertiary/aromatic N) is 1. The number of aromatic nitrogens is 1. The highest BCUT2D eigenvalue weighted by Crippen LogP contribution is 2.25. The highest BCUT2D eigenvalue weighted by molar-refractivity contribution is 5.82. The van der Waals surface area contributed by atoms with Crippen LogP contribution < -0.4 is 20.9 Å². The minimum atomic E-state index is -0.241. The largest absolute Gasteiger partial charge is 0.497 e. The average Bonchev–Trinajstić information content (AvgIpc) is 3.13. The van der Waals surface area contributed by atoms with Crippen LogP contribution in [0, 0.1) is 0 Å². The van der Waals surface area contributed by atoms with Crippen molar-refractivity contribution in [3.63, 3.8) is 0 Å². The van der Waals surface area contributed by atoms with E-state index in [1.165, 1.54) is 0 Å². The summed E-state index contributed by atoms with van der Waals surface area (Å²) in [5, 5.41) is 2.97. The Balaban J connectivity index is 1.48. The lowest BCUT2D eigenvalue weighted by Crippen LogP contribution is -2.43. The summed E-state index contributed by atoms with van der Waals surface area (Å²) in [5.41, 5.74) is 8.48. The Bertz CT molecular complexity index is 678. The van der Waals surface area contributed by atoms with Gasteiger partial charge < -0.3 is 10.1 Å². The number of hydrogen-bond donors (Lipinski definition) is 3. The summed E-state index contributed by atoms with van der Waals surface area (Å²) in [6.45, 7) is 0.604. The summed E-state index contributed by atoms with van der Waals surface area (Å²) in [5.74, 6) is 0.829. The van der Waals surface area contributed by atoms with Gasteiger partial charge in [0.25, 0.3) is 0 Å². The Labute approximate surface area is 141 Å². The first-order chi connectivity index (χ1) is 11.8. The molecule has 6 nitrogen and oxygen atoms in total. The molecule has 1 aromatic carbocycles. The highest BCUT2D eigenvalue weighted by atomic mass is 16.5. The molecule has 1 amide bonds. The van der Waals surface area contributed by atoms with E-state index in [-0.39, 0.29) is 18.0 Å². The summed E-state index contributed by atoms with van der Waals surface area (Å²) in [7, 11) is 1.65. The molecule has 0 aliphatic carbocycles. The molecule has 24 heavy (non-hydrogen) atoms.